The van der Waals surface area contributed by atoms with Gasteiger partial charge in [0.05, 0.1) is 23.9 Å². The number of ether oxygens (including phenoxy) is 2. The Bertz CT molecular complexity index is 785. The fourth-order valence-corrected chi connectivity index (χ4v) is 2.49. The fraction of sp³-hybridized carbons (Fsp3) is 0.250. The number of rotatable bonds is 6. The zero-order chi connectivity index (χ0) is 18.4. The number of nitrogens with one attached hydrogen (secondary N) is 1. The van der Waals surface area contributed by atoms with Crippen molar-refractivity contribution < 1.29 is 14.3 Å². The smallest absolute Gasteiger partial charge is 0.248 e. The van der Waals surface area contributed by atoms with Gasteiger partial charge in [-0.3, -0.25) is 4.79 Å². The monoisotopic (exact) mass is 359 g/mol. The first-order valence-electron chi connectivity index (χ1n) is 7.99. The minimum Gasteiger partial charge on any atom is -0.493 e. The van der Waals surface area contributed by atoms with Crippen molar-refractivity contribution >= 4 is 29.3 Å². The quantitative estimate of drug-likeness (QED) is 0.730. The SMILES string of the molecule is COc1cc(C=CC(=O)Nc2ccc(C)cc2Cl)ccc1OC(C)C. The van der Waals surface area contributed by atoms with Crippen molar-refractivity contribution in [3.8, 4) is 11.5 Å². The summed E-state index contributed by atoms with van der Waals surface area (Å²) in [5.41, 5.74) is 2.45. The van der Waals surface area contributed by atoms with Crippen LogP contribution in [0.5, 0.6) is 11.5 Å². The van der Waals surface area contributed by atoms with Gasteiger partial charge in [-0.2, -0.15) is 0 Å². The number of hydrogen-bond donors (Lipinski definition) is 1. The summed E-state index contributed by atoms with van der Waals surface area (Å²) in [5.74, 6) is 1.04. The molecule has 0 bridgehead atoms. The first kappa shape index (κ1) is 18.9. The van der Waals surface area contributed by atoms with Crippen LogP contribution in [0.4, 0.5) is 5.69 Å². The predicted molar refractivity (Wildman–Crippen MR) is 103 cm³/mol. The number of amides is 1. The summed E-state index contributed by atoms with van der Waals surface area (Å²) in [5, 5.41) is 3.27. The summed E-state index contributed by atoms with van der Waals surface area (Å²) >= 11 is 6.12. The highest BCUT2D eigenvalue weighted by Crippen LogP contribution is 2.29. The lowest BCUT2D eigenvalue weighted by molar-refractivity contribution is -0.111. The Morgan fingerprint density at radius 3 is 2.56 bits per heavy atom. The Balaban J connectivity index is 2.08. The van der Waals surface area contributed by atoms with E-state index in [2.05, 4.69) is 5.32 Å². The van der Waals surface area contributed by atoms with Gasteiger partial charge in [0.1, 0.15) is 0 Å². The van der Waals surface area contributed by atoms with E-state index in [1.807, 2.05) is 45.0 Å². The highest BCUT2D eigenvalue weighted by Gasteiger charge is 2.07. The average Bonchev–Trinajstić information content (AvgIpc) is 2.56. The van der Waals surface area contributed by atoms with Gasteiger partial charge in [0.25, 0.3) is 0 Å². The maximum atomic E-state index is 12.1. The lowest BCUT2D eigenvalue weighted by Gasteiger charge is -2.13. The summed E-state index contributed by atoms with van der Waals surface area (Å²) in [7, 11) is 1.59. The van der Waals surface area contributed by atoms with E-state index in [-0.39, 0.29) is 12.0 Å². The number of hydrogen-bond acceptors (Lipinski definition) is 3. The molecule has 5 heteroatoms. The van der Waals surface area contributed by atoms with Crippen LogP contribution in [0.1, 0.15) is 25.0 Å². The Morgan fingerprint density at radius 2 is 1.92 bits per heavy atom. The number of carbonyl (C=O) groups excluding carboxylic acids is 1. The van der Waals surface area contributed by atoms with E-state index in [0.29, 0.717) is 22.2 Å². The van der Waals surface area contributed by atoms with Gasteiger partial charge in [0.2, 0.25) is 5.91 Å². The lowest BCUT2D eigenvalue weighted by Crippen LogP contribution is -2.08. The van der Waals surface area contributed by atoms with E-state index in [0.717, 1.165) is 11.1 Å². The third-order valence-corrected chi connectivity index (χ3v) is 3.67. The minimum atomic E-state index is -0.257. The molecule has 0 saturated carbocycles. The van der Waals surface area contributed by atoms with Crippen LogP contribution in [0.3, 0.4) is 0 Å². The summed E-state index contributed by atoms with van der Waals surface area (Å²) in [6.45, 7) is 5.85. The second-order valence-corrected chi connectivity index (χ2v) is 6.29. The molecule has 1 N–H and O–H groups in total. The second kappa shape index (κ2) is 8.58. The molecule has 0 unspecified atom stereocenters. The van der Waals surface area contributed by atoms with E-state index in [1.54, 1.807) is 25.3 Å². The normalized spacial score (nSPS) is 11.0. The molecule has 0 spiro atoms. The molecular weight excluding hydrogens is 338 g/mol. The number of anilines is 1. The Hall–Kier alpha value is -2.46. The predicted octanol–water partition coefficient (Wildman–Crippen LogP) is 5.10. The van der Waals surface area contributed by atoms with Crippen molar-refractivity contribution in [3.05, 3.63) is 58.6 Å². The molecule has 0 saturated heterocycles. The van der Waals surface area contributed by atoms with E-state index in [9.17, 15) is 4.79 Å². The average molecular weight is 360 g/mol. The zero-order valence-corrected chi connectivity index (χ0v) is 15.6. The Labute approximate surface area is 153 Å². The number of halogens is 1. The topological polar surface area (TPSA) is 47.6 Å². The van der Waals surface area contributed by atoms with E-state index >= 15 is 0 Å². The Kier molecular flexibility index (Phi) is 6.48. The zero-order valence-electron chi connectivity index (χ0n) is 14.8. The van der Waals surface area contributed by atoms with Crippen molar-refractivity contribution in [1.82, 2.24) is 0 Å². The third-order valence-electron chi connectivity index (χ3n) is 3.36. The van der Waals surface area contributed by atoms with Crippen molar-refractivity contribution in [2.75, 3.05) is 12.4 Å². The molecule has 0 fully saturated rings. The number of carbonyl (C=O) groups is 1. The van der Waals surface area contributed by atoms with Crippen LogP contribution in [-0.4, -0.2) is 19.1 Å². The first-order valence-corrected chi connectivity index (χ1v) is 8.36. The van der Waals surface area contributed by atoms with E-state index in [1.165, 1.54) is 6.08 Å². The van der Waals surface area contributed by atoms with Crippen LogP contribution in [0.2, 0.25) is 5.02 Å². The van der Waals surface area contributed by atoms with Crippen LogP contribution in [0.15, 0.2) is 42.5 Å². The molecule has 2 aromatic rings. The maximum absolute atomic E-state index is 12.1. The van der Waals surface area contributed by atoms with Gasteiger partial charge in [-0.15, -0.1) is 0 Å². The molecule has 25 heavy (non-hydrogen) atoms. The number of methoxy groups -OCH3 is 1. The highest BCUT2D eigenvalue weighted by molar-refractivity contribution is 6.33. The molecule has 0 aliphatic carbocycles. The largest absolute Gasteiger partial charge is 0.493 e. The highest BCUT2D eigenvalue weighted by atomic mass is 35.5. The molecule has 0 aliphatic rings. The van der Waals surface area contributed by atoms with Crippen molar-refractivity contribution in [1.29, 1.82) is 0 Å². The van der Waals surface area contributed by atoms with Gasteiger partial charge in [0, 0.05) is 6.08 Å². The van der Waals surface area contributed by atoms with Gasteiger partial charge >= 0.3 is 0 Å². The molecule has 0 heterocycles. The fourth-order valence-electron chi connectivity index (χ4n) is 2.21. The van der Waals surface area contributed by atoms with Crippen LogP contribution in [0.25, 0.3) is 6.08 Å². The lowest BCUT2D eigenvalue weighted by atomic mass is 10.2. The number of aryl methyl sites for hydroxylation is 1. The van der Waals surface area contributed by atoms with Gasteiger partial charge in [-0.25, -0.2) is 0 Å². The first-order chi connectivity index (χ1) is 11.9. The summed E-state index contributed by atoms with van der Waals surface area (Å²) in [6, 6.07) is 11.0. The van der Waals surface area contributed by atoms with E-state index in [4.69, 9.17) is 21.1 Å². The molecule has 0 aromatic heterocycles. The van der Waals surface area contributed by atoms with Crippen molar-refractivity contribution in [2.24, 2.45) is 0 Å². The van der Waals surface area contributed by atoms with Crippen LogP contribution < -0.4 is 14.8 Å². The van der Waals surface area contributed by atoms with Gasteiger partial charge in [0.15, 0.2) is 11.5 Å². The molecule has 0 atom stereocenters. The molecule has 2 rings (SSSR count). The summed E-state index contributed by atoms with van der Waals surface area (Å²) in [4.78, 5) is 12.1. The molecular formula is C20H22ClNO3. The van der Waals surface area contributed by atoms with Crippen molar-refractivity contribution in [3.63, 3.8) is 0 Å². The minimum absolute atomic E-state index is 0.0559. The molecule has 1 amide bonds. The van der Waals surface area contributed by atoms with Crippen molar-refractivity contribution in [2.45, 2.75) is 26.9 Å². The molecule has 0 aliphatic heterocycles. The number of benzene rings is 2. The summed E-state index contributed by atoms with van der Waals surface area (Å²) in [6.07, 6.45) is 3.22. The molecule has 0 radical (unpaired) electrons. The standard InChI is InChI=1S/C20H22ClNO3/c1-13(2)25-18-9-6-15(12-19(18)24-4)7-10-20(23)22-17-8-5-14(3)11-16(17)21/h5-13H,1-4H3,(H,22,23). The van der Waals surface area contributed by atoms with Crippen LogP contribution in [0, 0.1) is 6.92 Å². The Morgan fingerprint density at radius 1 is 1.16 bits per heavy atom. The van der Waals surface area contributed by atoms with Crippen LogP contribution >= 0.6 is 11.6 Å². The summed E-state index contributed by atoms with van der Waals surface area (Å²) < 4.78 is 11.0. The van der Waals surface area contributed by atoms with Gasteiger partial charge < -0.3 is 14.8 Å². The molecule has 2 aromatic carbocycles. The van der Waals surface area contributed by atoms with Gasteiger partial charge in [-0.05, 0) is 62.2 Å². The third kappa shape index (κ3) is 5.54. The van der Waals surface area contributed by atoms with Gasteiger partial charge in [-0.1, -0.05) is 23.7 Å². The molecule has 132 valence electrons. The molecule has 4 nitrogen and oxygen atoms in total. The maximum Gasteiger partial charge on any atom is 0.248 e. The van der Waals surface area contributed by atoms with Crippen LogP contribution in [-0.2, 0) is 4.79 Å². The second-order valence-electron chi connectivity index (χ2n) is 5.88. The van der Waals surface area contributed by atoms with E-state index < -0.39 is 0 Å².